The molecule has 0 radical (unpaired) electrons. The maximum absolute atomic E-state index is 5.71. The second kappa shape index (κ2) is 8.37. The first-order valence-corrected chi connectivity index (χ1v) is 7.69. The molecule has 3 unspecified atom stereocenters. The minimum Gasteiger partial charge on any atom is -0.370 e. The molecule has 0 aliphatic heterocycles. The van der Waals surface area contributed by atoms with Crippen molar-refractivity contribution in [2.75, 3.05) is 13.2 Å². The van der Waals surface area contributed by atoms with Crippen LogP contribution in [0.2, 0.25) is 0 Å². The molecule has 1 N–H and O–H groups in total. The van der Waals surface area contributed by atoms with Crippen LogP contribution in [0, 0.1) is 5.92 Å². The van der Waals surface area contributed by atoms with Crippen LogP contribution < -0.4 is 5.32 Å². The van der Waals surface area contributed by atoms with Gasteiger partial charge in [-0.2, -0.15) is 4.98 Å². The van der Waals surface area contributed by atoms with E-state index >= 15 is 0 Å². The van der Waals surface area contributed by atoms with Crippen LogP contribution in [0.5, 0.6) is 0 Å². The number of hydrogen-bond donors (Lipinski definition) is 1. The molecule has 1 aromatic heterocycles. The van der Waals surface area contributed by atoms with Crippen LogP contribution in [0.4, 0.5) is 0 Å². The fourth-order valence-electron chi connectivity index (χ4n) is 2.06. The lowest BCUT2D eigenvalue weighted by Gasteiger charge is -2.18. The van der Waals surface area contributed by atoms with E-state index in [1.165, 1.54) is 0 Å². The molecule has 0 fully saturated rings. The lowest BCUT2D eigenvalue weighted by atomic mass is 10.0. The smallest absolute Gasteiger partial charge is 0.231 e. The third-order valence-electron chi connectivity index (χ3n) is 3.52. The van der Waals surface area contributed by atoms with Crippen molar-refractivity contribution in [3.05, 3.63) is 11.7 Å². The molecule has 0 spiro atoms. The number of nitrogens with one attached hydrogen (secondary N) is 1. The molecule has 0 aromatic carbocycles. The zero-order valence-electron chi connectivity index (χ0n) is 13.6. The molecular formula is C15H29N3O2. The van der Waals surface area contributed by atoms with Crippen molar-refractivity contribution in [3.8, 4) is 0 Å². The molecule has 0 bridgehead atoms. The predicted octanol–water partition coefficient (Wildman–Crippen LogP) is 3.29. The molecular weight excluding hydrogens is 254 g/mol. The van der Waals surface area contributed by atoms with Crippen molar-refractivity contribution in [3.63, 3.8) is 0 Å². The summed E-state index contributed by atoms with van der Waals surface area (Å²) in [5.74, 6) is 1.86. The van der Waals surface area contributed by atoms with Crippen molar-refractivity contribution in [1.29, 1.82) is 0 Å². The standard InChI is InChI=1S/C15H29N3O2/c1-7-9-16-12(6)11(5)15-17-14(18-20-15)13(10(3)4)19-8-2/h10-13,16H,7-9H2,1-6H3. The van der Waals surface area contributed by atoms with E-state index in [9.17, 15) is 0 Å². The van der Waals surface area contributed by atoms with Crippen molar-refractivity contribution >= 4 is 0 Å². The molecule has 20 heavy (non-hydrogen) atoms. The number of ether oxygens (including phenoxy) is 1. The Morgan fingerprint density at radius 1 is 1.20 bits per heavy atom. The highest BCUT2D eigenvalue weighted by Gasteiger charge is 2.25. The second-order valence-corrected chi connectivity index (χ2v) is 5.64. The minimum atomic E-state index is -0.0939. The number of aromatic nitrogens is 2. The quantitative estimate of drug-likeness (QED) is 0.753. The fraction of sp³-hybridized carbons (Fsp3) is 0.867. The maximum atomic E-state index is 5.71. The second-order valence-electron chi connectivity index (χ2n) is 5.64. The van der Waals surface area contributed by atoms with Gasteiger partial charge in [0.05, 0.1) is 5.92 Å². The van der Waals surface area contributed by atoms with E-state index < -0.39 is 0 Å². The Morgan fingerprint density at radius 2 is 1.90 bits per heavy atom. The van der Waals surface area contributed by atoms with Gasteiger partial charge in [0, 0.05) is 12.6 Å². The van der Waals surface area contributed by atoms with Gasteiger partial charge in [-0.15, -0.1) is 0 Å². The molecule has 1 aromatic rings. The van der Waals surface area contributed by atoms with Crippen LogP contribution >= 0.6 is 0 Å². The van der Waals surface area contributed by atoms with Gasteiger partial charge in [0.25, 0.3) is 0 Å². The van der Waals surface area contributed by atoms with Gasteiger partial charge in [0.2, 0.25) is 11.7 Å². The third-order valence-corrected chi connectivity index (χ3v) is 3.52. The summed E-state index contributed by atoms with van der Waals surface area (Å²) in [7, 11) is 0. The number of nitrogens with zero attached hydrogens (tertiary/aromatic N) is 2. The summed E-state index contributed by atoms with van der Waals surface area (Å²) in [6.45, 7) is 14.2. The average Bonchev–Trinajstić information content (AvgIpc) is 2.90. The molecule has 5 heteroatoms. The van der Waals surface area contributed by atoms with Gasteiger partial charge in [-0.05, 0) is 32.7 Å². The molecule has 0 aliphatic rings. The SMILES string of the molecule is CCCNC(C)C(C)c1nc(C(OCC)C(C)C)no1. The van der Waals surface area contributed by atoms with E-state index in [4.69, 9.17) is 9.26 Å². The van der Waals surface area contributed by atoms with Crippen molar-refractivity contribution in [2.24, 2.45) is 5.92 Å². The van der Waals surface area contributed by atoms with E-state index in [0.29, 0.717) is 30.3 Å². The minimum absolute atomic E-state index is 0.0939. The maximum Gasteiger partial charge on any atom is 0.231 e. The van der Waals surface area contributed by atoms with E-state index in [0.717, 1.165) is 13.0 Å². The molecule has 0 saturated heterocycles. The Labute approximate surface area is 122 Å². The van der Waals surface area contributed by atoms with E-state index in [1.54, 1.807) is 0 Å². The predicted molar refractivity (Wildman–Crippen MR) is 79.7 cm³/mol. The largest absolute Gasteiger partial charge is 0.370 e. The monoisotopic (exact) mass is 283 g/mol. The molecule has 116 valence electrons. The van der Waals surface area contributed by atoms with Crippen molar-refractivity contribution in [1.82, 2.24) is 15.5 Å². The van der Waals surface area contributed by atoms with E-state index in [-0.39, 0.29) is 12.0 Å². The first-order chi connectivity index (χ1) is 9.51. The summed E-state index contributed by atoms with van der Waals surface area (Å²) < 4.78 is 11.1. The Kier molecular flexibility index (Phi) is 7.16. The Morgan fingerprint density at radius 3 is 2.45 bits per heavy atom. The van der Waals surface area contributed by atoms with Gasteiger partial charge in [0.15, 0.2) is 0 Å². The summed E-state index contributed by atoms with van der Waals surface area (Å²) >= 11 is 0. The van der Waals surface area contributed by atoms with Gasteiger partial charge in [-0.1, -0.05) is 32.9 Å². The van der Waals surface area contributed by atoms with Crippen LogP contribution in [0.15, 0.2) is 4.52 Å². The Bertz CT molecular complexity index is 379. The molecule has 3 atom stereocenters. The summed E-state index contributed by atoms with van der Waals surface area (Å²) in [6.07, 6.45) is 1.02. The first-order valence-electron chi connectivity index (χ1n) is 7.69. The lowest BCUT2D eigenvalue weighted by molar-refractivity contribution is 0.0217. The normalized spacial score (nSPS) is 16.4. The average molecular weight is 283 g/mol. The highest BCUT2D eigenvalue weighted by atomic mass is 16.5. The van der Waals surface area contributed by atoms with E-state index in [2.05, 4.69) is 50.1 Å². The highest BCUT2D eigenvalue weighted by molar-refractivity contribution is 4.99. The van der Waals surface area contributed by atoms with Crippen LogP contribution in [-0.4, -0.2) is 29.3 Å². The zero-order chi connectivity index (χ0) is 15.1. The number of rotatable bonds is 9. The summed E-state index contributed by atoms with van der Waals surface area (Å²) in [4.78, 5) is 4.54. The lowest BCUT2D eigenvalue weighted by Crippen LogP contribution is -2.31. The number of hydrogen-bond acceptors (Lipinski definition) is 5. The molecule has 0 amide bonds. The molecule has 1 heterocycles. The molecule has 0 saturated carbocycles. The highest BCUT2D eigenvalue weighted by Crippen LogP contribution is 2.25. The Hall–Kier alpha value is -0.940. The van der Waals surface area contributed by atoms with Gasteiger partial charge in [-0.25, -0.2) is 0 Å². The summed E-state index contributed by atoms with van der Waals surface area (Å²) in [6, 6.07) is 0.313. The fourth-order valence-corrected chi connectivity index (χ4v) is 2.06. The van der Waals surface area contributed by atoms with Crippen molar-refractivity contribution < 1.29 is 9.26 Å². The van der Waals surface area contributed by atoms with Crippen LogP contribution in [0.1, 0.15) is 71.7 Å². The van der Waals surface area contributed by atoms with Gasteiger partial charge < -0.3 is 14.6 Å². The Balaban J connectivity index is 2.74. The van der Waals surface area contributed by atoms with Gasteiger partial charge in [0.1, 0.15) is 6.10 Å². The van der Waals surface area contributed by atoms with Gasteiger partial charge in [-0.3, -0.25) is 0 Å². The van der Waals surface area contributed by atoms with E-state index in [1.807, 2.05) is 6.92 Å². The third kappa shape index (κ3) is 4.56. The molecule has 1 rings (SSSR count). The molecule has 5 nitrogen and oxygen atoms in total. The topological polar surface area (TPSA) is 60.2 Å². The summed E-state index contributed by atoms with van der Waals surface area (Å²) in [5, 5.41) is 7.56. The summed E-state index contributed by atoms with van der Waals surface area (Å²) in [5.41, 5.74) is 0. The van der Waals surface area contributed by atoms with Crippen LogP contribution in [0.25, 0.3) is 0 Å². The molecule has 0 aliphatic carbocycles. The zero-order valence-corrected chi connectivity index (χ0v) is 13.6. The first kappa shape index (κ1) is 17.1. The van der Waals surface area contributed by atoms with Crippen LogP contribution in [0.3, 0.4) is 0 Å². The van der Waals surface area contributed by atoms with Crippen molar-refractivity contribution in [2.45, 2.75) is 66.0 Å². The van der Waals surface area contributed by atoms with Crippen LogP contribution in [-0.2, 0) is 4.74 Å². The van der Waals surface area contributed by atoms with Gasteiger partial charge >= 0.3 is 0 Å².